The maximum atomic E-state index is 11.8. The molecule has 104 valence electrons. The summed E-state index contributed by atoms with van der Waals surface area (Å²) in [6, 6.07) is 7.57. The molecule has 0 bridgehead atoms. The van der Waals surface area contributed by atoms with Crippen LogP contribution >= 0.6 is 11.5 Å². The monoisotopic (exact) mass is 289 g/mol. The van der Waals surface area contributed by atoms with Crippen LogP contribution in [0.2, 0.25) is 0 Å². The zero-order valence-corrected chi connectivity index (χ0v) is 11.7. The van der Waals surface area contributed by atoms with Crippen molar-refractivity contribution in [1.29, 1.82) is 0 Å². The van der Waals surface area contributed by atoms with Crippen molar-refractivity contribution < 1.29 is 9.53 Å². The third-order valence-electron chi connectivity index (χ3n) is 3.38. The highest BCUT2D eigenvalue weighted by Gasteiger charge is 2.18. The van der Waals surface area contributed by atoms with E-state index in [0.29, 0.717) is 5.75 Å². The van der Waals surface area contributed by atoms with Gasteiger partial charge in [-0.05, 0) is 36.5 Å². The summed E-state index contributed by atoms with van der Waals surface area (Å²) in [5, 5.41) is 8.76. The molecule has 1 aliphatic carbocycles. The number of nitrogens with one attached hydrogen (secondary N) is 1. The van der Waals surface area contributed by atoms with Crippen LogP contribution < -0.4 is 10.1 Å². The van der Waals surface area contributed by atoms with Gasteiger partial charge in [0.25, 0.3) is 0 Å². The van der Waals surface area contributed by atoms with Crippen LogP contribution in [0.4, 0.5) is 4.79 Å². The summed E-state index contributed by atoms with van der Waals surface area (Å²) in [4.78, 5) is 11.8. The zero-order chi connectivity index (χ0) is 13.8. The van der Waals surface area contributed by atoms with Crippen molar-refractivity contribution in [3.63, 3.8) is 0 Å². The van der Waals surface area contributed by atoms with Gasteiger partial charge in [-0.3, -0.25) is 0 Å². The average molecular weight is 289 g/mol. The maximum Gasteiger partial charge on any atom is 0.412 e. The molecule has 2 aromatic rings. The molecule has 0 unspecified atom stereocenters. The Bertz CT molecular complexity index is 580. The number of ether oxygens (including phenoxy) is 1. The number of aromatic nitrogens is 2. The fourth-order valence-corrected chi connectivity index (χ4v) is 2.85. The second-order valence-electron chi connectivity index (χ2n) is 4.83. The molecule has 0 saturated heterocycles. The van der Waals surface area contributed by atoms with E-state index in [-0.39, 0.29) is 12.1 Å². The van der Waals surface area contributed by atoms with E-state index in [1.807, 2.05) is 17.5 Å². The summed E-state index contributed by atoms with van der Waals surface area (Å²) < 4.78 is 9.15. The molecule has 1 aliphatic rings. The Balaban J connectivity index is 1.65. The number of hydrogen-bond acceptors (Lipinski definition) is 5. The maximum absolute atomic E-state index is 11.8. The van der Waals surface area contributed by atoms with Crippen molar-refractivity contribution in [1.82, 2.24) is 14.9 Å². The molecule has 1 aromatic heterocycles. The van der Waals surface area contributed by atoms with Gasteiger partial charge in [0, 0.05) is 17.0 Å². The third kappa shape index (κ3) is 3.14. The largest absolute Gasteiger partial charge is 0.412 e. The molecule has 6 heteroatoms. The average Bonchev–Trinajstić information content (AvgIpc) is 3.11. The molecule has 1 fully saturated rings. The number of benzene rings is 1. The first kappa shape index (κ1) is 13.1. The van der Waals surface area contributed by atoms with E-state index in [1.54, 1.807) is 12.1 Å². The Labute approximate surface area is 121 Å². The standard InChI is InChI=1S/C14H15N3O2S/c18-14(15-11-5-1-2-6-11)19-12-7-3-4-10(8-12)13-9-20-17-16-13/h3-4,7-9,11H,1-2,5-6H2,(H,15,18). The molecule has 1 saturated carbocycles. The lowest BCUT2D eigenvalue weighted by Crippen LogP contribution is -2.34. The van der Waals surface area contributed by atoms with Crippen molar-refractivity contribution in [2.24, 2.45) is 0 Å². The minimum atomic E-state index is -0.384. The Morgan fingerprint density at radius 3 is 2.95 bits per heavy atom. The van der Waals surface area contributed by atoms with Crippen LogP contribution in [0.15, 0.2) is 29.6 Å². The van der Waals surface area contributed by atoms with E-state index in [9.17, 15) is 4.79 Å². The number of nitrogens with zero attached hydrogens (tertiary/aromatic N) is 2. The van der Waals surface area contributed by atoms with Gasteiger partial charge >= 0.3 is 6.09 Å². The van der Waals surface area contributed by atoms with Gasteiger partial charge in [0.1, 0.15) is 11.4 Å². The lowest BCUT2D eigenvalue weighted by atomic mass is 10.2. The van der Waals surface area contributed by atoms with Crippen molar-refractivity contribution >= 4 is 17.6 Å². The second-order valence-corrected chi connectivity index (χ2v) is 5.44. The van der Waals surface area contributed by atoms with Crippen LogP contribution in [-0.2, 0) is 0 Å². The quantitative estimate of drug-likeness (QED) is 0.942. The van der Waals surface area contributed by atoms with Gasteiger partial charge in [-0.1, -0.05) is 29.5 Å². The fourth-order valence-electron chi connectivity index (χ4n) is 2.38. The van der Waals surface area contributed by atoms with E-state index in [4.69, 9.17) is 4.74 Å². The molecule has 0 atom stereocenters. The second kappa shape index (κ2) is 6.00. The summed E-state index contributed by atoms with van der Waals surface area (Å²) in [6.45, 7) is 0. The van der Waals surface area contributed by atoms with Gasteiger partial charge < -0.3 is 10.1 Å². The van der Waals surface area contributed by atoms with Gasteiger partial charge in [-0.15, -0.1) is 5.10 Å². The van der Waals surface area contributed by atoms with Crippen LogP contribution in [0.3, 0.4) is 0 Å². The van der Waals surface area contributed by atoms with Crippen LogP contribution in [0.25, 0.3) is 11.3 Å². The summed E-state index contributed by atoms with van der Waals surface area (Å²) in [5.41, 5.74) is 1.68. The minimum absolute atomic E-state index is 0.258. The van der Waals surface area contributed by atoms with Crippen molar-refractivity contribution in [2.45, 2.75) is 31.7 Å². The van der Waals surface area contributed by atoms with Crippen molar-refractivity contribution in [3.05, 3.63) is 29.6 Å². The molecule has 0 radical (unpaired) electrons. The van der Waals surface area contributed by atoms with E-state index in [2.05, 4.69) is 14.9 Å². The van der Waals surface area contributed by atoms with E-state index in [0.717, 1.165) is 24.1 Å². The highest BCUT2D eigenvalue weighted by molar-refractivity contribution is 7.03. The normalized spacial score (nSPS) is 15.2. The summed E-state index contributed by atoms with van der Waals surface area (Å²) in [6.07, 6.45) is 4.05. The highest BCUT2D eigenvalue weighted by Crippen LogP contribution is 2.23. The van der Waals surface area contributed by atoms with Crippen LogP contribution in [0.5, 0.6) is 5.75 Å². The van der Waals surface area contributed by atoms with Crippen LogP contribution in [-0.4, -0.2) is 21.7 Å². The highest BCUT2D eigenvalue weighted by atomic mass is 32.1. The number of carbonyl (C=O) groups excluding carboxylic acids is 1. The first-order valence-corrected chi connectivity index (χ1v) is 7.51. The van der Waals surface area contributed by atoms with Crippen LogP contribution in [0.1, 0.15) is 25.7 Å². The van der Waals surface area contributed by atoms with E-state index < -0.39 is 0 Å². The molecule has 3 rings (SSSR count). The Hall–Kier alpha value is -1.95. The first-order valence-electron chi connectivity index (χ1n) is 6.67. The topological polar surface area (TPSA) is 64.1 Å². The molecule has 0 aliphatic heterocycles. The van der Waals surface area contributed by atoms with Gasteiger partial charge in [0.15, 0.2) is 0 Å². The first-order chi connectivity index (χ1) is 9.81. The van der Waals surface area contributed by atoms with Gasteiger partial charge in [0.2, 0.25) is 0 Å². The van der Waals surface area contributed by atoms with E-state index in [1.165, 1.54) is 24.4 Å². The van der Waals surface area contributed by atoms with Crippen LogP contribution in [0, 0.1) is 0 Å². The van der Waals surface area contributed by atoms with Crippen molar-refractivity contribution in [2.75, 3.05) is 0 Å². The Morgan fingerprint density at radius 1 is 1.35 bits per heavy atom. The lowest BCUT2D eigenvalue weighted by Gasteiger charge is -2.12. The van der Waals surface area contributed by atoms with Gasteiger partial charge in [-0.25, -0.2) is 4.79 Å². The van der Waals surface area contributed by atoms with Gasteiger partial charge in [0.05, 0.1) is 0 Å². The predicted molar refractivity (Wildman–Crippen MR) is 76.8 cm³/mol. The third-order valence-corrected chi connectivity index (χ3v) is 3.88. The van der Waals surface area contributed by atoms with E-state index >= 15 is 0 Å². The van der Waals surface area contributed by atoms with Gasteiger partial charge in [-0.2, -0.15) is 0 Å². The minimum Gasteiger partial charge on any atom is -0.410 e. The summed E-state index contributed by atoms with van der Waals surface area (Å²) in [7, 11) is 0. The molecule has 20 heavy (non-hydrogen) atoms. The van der Waals surface area contributed by atoms with Crippen molar-refractivity contribution in [3.8, 4) is 17.0 Å². The SMILES string of the molecule is O=C(NC1CCCC1)Oc1cccc(-c2csnn2)c1. The fraction of sp³-hybridized carbons (Fsp3) is 0.357. The molecular formula is C14H15N3O2S. The molecule has 1 aromatic carbocycles. The predicted octanol–water partition coefficient (Wildman–Crippen LogP) is 3.24. The number of rotatable bonds is 3. The molecule has 5 nitrogen and oxygen atoms in total. The smallest absolute Gasteiger partial charge is 0.410 e. The summed E-state index contributed by atoms with van der Waals surface area (Å²) >= 11 is 1.29. The zero-order valence-electron chi connectivity index (χ0n) is 10.9. The lowest BCUT2D eigenvalue weighted by molar-refractivity contribution is 0.196. The Morgan fingerprint density at radius 2 is 2.20 bits per heavy atom. The molecule has 1 amide bonds. The molecule has 0 spiro atoms. The summed E-state index contributed by atoms with van der Waals surface area (Å²) in [5.74, 6) is 0.519. The molecular weight excluding hydrogens is 274 g/mol. The number of carbonyl (C=O) groups is 1. The molecule has 1 N–H and O–H groups in total. The number of amides is 1. The Kier molecular flexibility index (Phi) is 3.92. The number of hydrogen-bond donors (Lipinski definition) is 1. The molecule has 1 heterocycles.